The van der Waals surface area contributed by atoms with Crippen molar-refractivity contribution in [3.8, 4) is 5.75 Å². The number of benzene rings is 1. The van der Waals surface area contributed by atoms with Gasteiger partial charge in [0.1, 0.15) is 11.6 Å². The van der Waals surface area contributed by atoms with E-state index in [1.807, 2.05) is 20.8 Å². The summed E-state index contributed by atoms with van der Waals surface area (Å²) in [7, 11) is 1.50. The maximum Gasteiger partial charge on any atom is 0.324 e. The molecule has 0 saturated heterocycles. The number of nitrogens with zero attached hydrogens (tertiary/aromatic N) is 4. The van der Waals surface area contributed by atoms with Crippen LogP contribution in [0.4, 0.5) is 16.3 Å². The molecule has 2 heterocycles. The number of carbonyl (C=O) groups excluding carboxylic acids is 2. The van der Waals surface area contributed by atoms with Crippen molar-refractivity contribution in [3.05, 3.63) is 35.0 Å². The Balaban J connectivity index is 1.65. The first-order chi connectivity index (χ1) is 15.2. The third kappa shape index (κ3) is 4.38. The molecule has 1 atom stereocenters. The second-order valence-corrected chi connectivity index (χ2v) is 9.23. The van der Waals surface area contributed by atoms with E-state index in [1.54, 1.807) is 24.3 Å². The van der Waals surface area contributed by atoms with E-state index in [1.165, 1.54) is 11.8 Å². The Morgan fingerprint density at radius 3 is 2.72 bits per heavy atom. The van der Waals surface area contributed by atoms with Gasteiger partial charge in [-0.2, -0.15) is 14.8 Å². The van der Waals surface area contributed by atoms with Gasteiger partial charge in [-0.05, 0) is 37.5 Å². The number of hydrogen-bond donors (Lipinski definition) is 2. The quantitative estimate of drug-likeness (QED) is 0.709. The Labute approximate surface area is 190 Å². The summed E-state index contributed by atoms with van der Waals surface area (Å²) in [5.41, 5.74) is 1.67. The first-order valence-electron chi connectivity index (χ1n) is 10.4. The van der Waals surface area contributed by atoms with Crippen LogP contribution in [0.15, 0.2) is 34.3 Å². The molecular formula is C22H25ClN6O3. The lowest BCUT2D eigenvalue weighted by Gasteiger charge is -2.16. The SMILES string of the molecule is COc1ccc(Cl)cc1NC(=O)Nc1cc(C(C)(C)C)nn1C1=NC(=O)C2CCCC2=N1. The lowest BCUT2D eigenvalue weighted by Crippen LogP contribution is -2.29. The number of urea groups is 1. The second-order valence-electron chi connectivity index (χ2n) is 8.80. The van der Waals surface area contributed by atoms with Crippen LogP contribution in [0.1, 0.15) is 45.7 Å². The molecule has 0 radical (unpaired) electrons. The predicted molar refractivity (Wildman–Crippen MR) is 124 cm³/mol. The average molecular weight is 457 g/mol. The molecule has 0 spiro atoms. The van der Waals surface area contributed by atoms with Crippen LogP contribution in [-0.4, -0.2) is 40.5 Å². The Morgan fingerprint density at radius 1 is 1.22 bits per heavy atom. The smallest absolute Gasteiger partial charge is 0.324 e. The minimum Gasteiger partial charge on any atom is -0.495 e. The van der Waals surface area contributed by atoms with E-state index < -0.39 is 6.03 Å². The van der Waals surface area contributed by atoms with Gasteiger partial charge in [-0.25, -0.2) is 9.79 Å². The maximum absolute atomic E-state index is 12.8. The molecule has 3 amide bonds. The molecule has 1 aliphatic heterocycles. The van der Waals surface area contributed by atoms with E-state index in [9.17, 15) is 9.59 Å². The number of aliphatic imine (C=N–C) groups is 2. The number of aromatic nitrogens is 2. The fourth-order valence-electron chi connectivity index (χ4n) is 3.69. The van der Waals surface area contributed by atoms with Crippen molar-refractivity contribution in [1.82, 2.24) is 9.78 Å². The van der Waals surface area contributed by atoms with Crippen molar-refractivity contribution in [3.63, 3.8) is 0 Å². The van der Waals surface area contributed by atoms with E-state index in [-0.39, 0.29) is 23.2 Å². The summed E-state index contributed by atoms with van der Waals surface area (Å²) in [6, 6.07) is 6.15. The normalized spacial score (nSPS) is 18.0. The van der Waals surface area contributed by atoms with Crippen molar-refractivity contribution in [2.45, 2.75) is 45.4 Å². The van der Waals surface area contributed by atoms with Gasteiger partial charge in [0.2, 0.25) is 0 Å². The van der Waals surface area contributed by atoms with Crippen LogP contribution in [0.2, 0.25) is 5.02 Å². The van der Waals surface area contributed by atoms with Crippen LogP contribution in [-0.2, 0) is 10.2 Å². The molecule has 0 bridgehead atoms. The number of rotatable bonds is 3. The largest absolute Gasteiger partial charge is 0.495 e. The van der Waals surface area contributed by atoms with Crippen LogP contribution < -0.4 is 15.4 Å². The zero-order valence-corrected chi connectivity index (χ0v) is 19.2. The number of halogens is 1. The Morgan fingerprint density at radius 2 is 2.00 bits per heavy atom. The summed E-state index contributed by atoms with van der Waals surface area (Å²) < 4.78 is 6.69. The number of amides is 3. The van der Waals surface area contributed by atoms with Gasteiger partial charge in [0, 0.05) is 22.2 Å². The van der Waals surface area contributed by atoms with E-state index in [4.69, 9.17) is 16.3 Å². The van der Waals surface area contributed by atoms with Crippen LogP contribution >= 0.6 is 11.6 Å². The highest BCUT2D eigenvalue weighted by atomic mass is 35.5. The van der Waals surface area contributed by atoms with Crippen LogP contribution in [0, 0.1) is 5.92 Å². The highest BCUT2D eigenvalue weighted by Gasteiger charge is 2.34. The molecule has 1 aromatic heterocycles. The van der Waals surface area contributed by atoms with Gasteiger partial charge in [0.05, 0.1) is 24.4 Å². The summed E-state index contributed by atoms with van der Waals surface area (Å²) in [6.45, 7) is 6.02. The zero-order chi connectivity index (χ0) is 23.0. The highest BCUT2D eigenvalue weighted by Crippen LogP contribution is 2.30. The van der Waals surface area contributed by atoms with E-state index in [0.717, 1.165) is 30.7 Å². The summed E-state index contributed by atoms with van der Waals surface area (Å²) >= 11 is 6.05. The van der Waals surface area contributed by atoms with Gasteiger partial charge in [-0.15, -0.1) is 0 Å². The first kappa shape index (κ1) is 22.0. The number of hydrogen-bond acceptors (Lipinski definition) is 5. The summed E-state index contributed by atoms with van der Waals surface area (Å²) in [5, 5.41) is 10.6. The average Bonchev–Trinajstić information content (AvgIpc) is 3.35. The van der Waals surface area contributed by atoms with Gasteiger partial charge in [0.25, 0.3) is 11.9 Å². The Kier molecular flexibility index (Phi) is 5.77. The number of fused-ring (bicyclic) bond motifs is 1. The van der Waals surface area contributed by atoms with E-state index in [2.05, 4.69) is 25.7 Å². The fourth-order valence-corrected chi connectivity index (χ4v) is 3.86. The number of anilines is 2. The highest BCUT2D eigenvalue weighted by molar-refractivity contribution is 6.31. The van der Waals surface area contributed by atoms with Gasteiger partial charge >= 0.3 is 6.03 Å². The summed E-state index contributed by atoms with van der Waals surface area (Å²) in [6.07, 6.45) is 2.45. The number of carbonyl (C=O) groups is 2. The molecule has 1 unspecified atom stereocenters. The number of nitrogens with one attached hydrogen (secondary N) is 2. The molecule has 1 aromatic carbocycles. The second kappa shape index (κ2) is 8.38. The lowest BCUT2D eigenvalue weighted by molar-refractivity contribution is -0.119. The summed E-state index contributed by atoms with van der Waals surface area (Å²) in [5.74, 6) is 0.533. The van der Waals surface area contributed by atoms with E-state index in [0.29, 0.717) is 22.3 Å². The zero-order valence-electron chi connectivity index (χ0n) is 18.4. The minimum atomic E-state index is -0.527. The lowest BCUT2D eigenvalue weighted by atomic mass is 9.92. The van der Waals surface area contributed by atoms with Crippen molar-refractivity contribution in [1.29, 1.82) is 0 Å². The molecule has 168 valence electrons. The molecule has 1 aliphatic carbocycles. The standard InChI is InChI=1S/C22H25ClN6O3/c1-22(2,3)17-11-18(26-21(31)25-15-10-12(23)8-9-16(15)32-4)29(28-17)20-24-14-7-5-6-13(14)19(30)27-20/h8-11,13H,5-7H2,1-4H3,(H2,25,26,31). The third-order valence-electron chi connectivity index (χ3n) is 5.40. The molecule has 2 aromatic rings. The van der Waals surface area contributed by atoms with Crippen LogP contribution in [0.5, 0.6) is 5.75 Å². The number of ether oxygens (including phenoxy) is 1. The van der Waals surface area contributed by atoms with Crippen molar-refractivity contribution >= 4 is 46.7 Å². The van der Waals surface area contributed by atoms with Crippen molar-refractivity contribution in [2.24, 2.45) is 15.9 Å². The van der Waals surface area contributed by atoms with Gasteiger partial charge in [-0.3, -0.25) is 10.1 Å². The van der Waals surface area contributed by atoms with Crippen molar-refractivity contribution < 1.29 is 14.3 Å². The minimum absolute atomic E-state index is 0.161. The molecular weight excluding hydrogens is 432 g/mol. The molecule has 2 aliphatic rings. The molecule has 2 N–H and O–H groups in total. The molecule has 4 rings (SSSR count). The topological polar surface area (TPSA) is 110 Å². The van der Waals surface area contributed by atoms with Crippen LogP contribution in [0.25, 0.3) is 0 Å². The molecule has 1 saturated carbocycles. The molecule has 9 nitrogen and oxygen atoms in total. The van der Waals surface area contributed by atoms with Crippen molar-refractivity contribution in [2.75, 3.05) is 17.7 Å². The summed E-state index contributed by atoms with van der Waals surface area (Å²) in [4.78, 5) is 34.1. The predicted octanol–water partition coefficient (Wildman–Crippen LogP) is 4.47. The van der Waals surface area contributed by atoms with Crippen LogP contribution in [0.3, 0.4) is 0 Å². The Bertz CT molecular complexity index is 1150. The first-order valence-corrected chi connectivity index (χ1v) is 10.8. The van der Waals surface area contributed by atoms with Gasteiger partial charge < -0.3 is 10.1 Å². The van der Waals surface area contributed by atoms with E-state index >= 15 is 0 Å². The molecule has 32 heavy (non-hydrogen) atoms. The maximum atomic E-state index is 12.8. The fraction of sp³-hybridized carbons (Fsp3) is 0.409. The number of methoxy groups -OCH3 is 1. The molecule has 1 fully saturated rings. The van der Waals surface area contributed by atoms with Gasteiger partial charge in [-0.1, -0.05) is 32.4 Å². The monoisotopic (exact) mass is 456 g/mol. The third-order valence-corrected chi connectivity index (χ3v) is 5.63. The Hall–Kier alpha value is -3.20. The molecule has 10 heteroatoms. The van der Waals surface area contributed by atoms with Gasteiger partial charge in [0.15, 0.2) is 0 Å².